The minimum Gasteiger partial charge on any atom is -0.370 e. The standard InChI is InChI=1S/C13H20O2.2C5H6/c1-3-10-12(14-10)6-8(1)5-9-2-4-11-13(7-9)15-11;2*1-2-4-5-3-1/h8-13H,1-7H2;2*1-4H,5H2. The molecule has 4 fully saturated rings. The molecule has 2 aliphatic heterocycles. The topological polar surface area (TPSA) is 25.1 Å². The van der Waals surface area contributed by atoms with Crippen LogP contribution in [0, 0.1) is 11.8 Å². The number of hydrogen-bond donors (Lipinski definition) is 0. The third kappa shape index (κ3) is 5.43. The van der Waals surface area contributed by atoms with Crippen molar-refractivity contribution in [3.8, 4) is 0 Å². The van der Waals surface area contributed by atoms with E-state index in [1.54, 1.807) is 0 Å². The van der Waals surface area contributed by atoms with Gasteiger partial charge in [-0.1, -0.05) is 48.6 Å². The summed E-state index contributed by atoms with van der Waals surface area (Å²) in [5.74, 6) is 1.93. The monoisotopic (exact) mass is 340 g/mol. The first-order valence-electron chi connectivity index (χ1n) is 10.3. The normalized spacial score (nSPS) is 41.1. The Hall–Kier alpha value is -1.12. The number of fused-ring (bicyclic) bond motifs is 2. The Bertz CT molecular complexity index is 476. The van der Waals surface area contributed by atoms with E-state index in [0.29, 0.717) is 24.4 Å². The van der Waals surface area contributed by atoms with Gasteiger partial charge in [-0.15, -0.1) is 0 Å². The summed E-state index contributed by atoms with van der Waals surface area (Å²) < 4.78 is 11.2. The largest absolute Gasteiger partial charge is 0.370 e. The highest BCUT2D eigenvalue weighted by molar-refractivity contribution is 5.12. The van der Waals surface area contributed by atoms with Gasteiger partial charge in [0.2, 0.25) is 0 Å². The molecule has 0 N–H and O–H groups in total. The lowest BCUT2D eigenvalue weighted by Gasteiger charge is -2.26. The Morgan fingerprint density at radius 3 is 1.32 bits per heavy atom. The third-order valence-electron chi connectivity index (χ3n) is 6.20. The summed E-state index contributed by atoms with van der Waals surface area (Å²) >= 11 is 0. The Morgan fingerprint density at radius 1 is 0.560 bits per heavy atom. The van der Waals surface area contributed by atoms with Crippen molar-refractivity contribution in [3.05, 3.63) is 48.6 Å². The zero-order chi connectivity index (χ0) is 16.9. The van der Waals surface area contributed by atoms with Crippen molar-refractivity contribution in [2.45, 2.75) is 82.2 Å². The molecule has 6 atom stereocenters. The summed E-state index contributed by atoms with van der Waals surface area (Å²) in [5, 5.41) is 0. The maximum Gasteiger partial charge on any atom is 0.0844 e. The van der Waals surface area contributed by atoms with Gasteiger partial charge in [-0.2, -0.15) is 0 Å². The molecule has 0 aromatic carbocycles. The molecule has 6 unspecified atom stereocenters. The molecule has 0 bridgehead atoms. The Kier molecular flexibility index (Phi) is 5.89. The number of rotatable bonds is 2. The van der Waals surface area contributed by atoms with Crippen LogP contribution in [0.3, 0.4) is 0 Å². The molecule has 2 heteroatoms. The van der Waals surface area contributed by atoms with Gasteiger partial charge in [-0.05, 0) is 69.6 Å². The highest BCUT2D eigenvalue weighted by Gasteiger charge is 2.47. The summed E-state index contributed by atoms with van der Waals surface area (Å²) in [6.45, 7) is 0. The van der Waals surface area contributed by atoms with Crippen LogP contribution >= 0.6 is 0 Å². The van der Waals surface area contributed by atoms with Gasteiger partial charge in [-0.3, -0.25) is 0 Å². The van der Waals surface area contributed by atoms with Gasteiger partial charge in [0.15, 0.2) is 0 Å². The van der Waals surface area contributed by atoms with E-state index in [1.165, 1.54) is 44.9 Å². The number of epoxide rings is 2. The van der Waals surface area contributed by atoms with Gasteiger partial charge in [-0.25, -0.2) is 0 Å². The molecule has 0 radical (unpaired) electrons. The number of ether oxygens (including phenoxy) is 2. The second-order valence-corrected chi connectivity index (χ2v) is 8.20. The van der Waals surface area contributed by atoms with E-state index in [9.17, 15) is 0 Å². The van der Waals surface area contributed by atoms with Gasteiger partial charge in [0, 0.05) is 0 Å². The van der Waals surface area contributed by atoms with Crippen LogP contribution in [0.25, 0.3) is 0 Å². The average molecular weight is 341 g/mol. The van der Waals surface area contributed by atoms with E-state index < -0.39 is 0 Å². The van der Waals surface area contributed by atoms with Crippen LogP contribution in [-0.4, -0.2) is 24.4 Å². The molecule has 4 aliphatic carbocycles. The Balaban J connectivity index is 0.000000129. The SMILES string of the molecule is C1=CCC=C1.C1=CCC=C1.C1CC2OC2CC1CC1CCC2OC2C1. The maximum absolute atomic E-state index is 5.60. The van der Waals surface area contributed by atoms with E-state index in [-0.39, 0.29) is 0 Å². The summed E-state index contributed by atoms with van der Waals surface area (Å²) in [7, 11) is 0. The first-order chi connectivity index (χ1) is 12.4. The molecule has 6 aliphatic rings. The van der Waals surface area contributed by atoms with Crippen molar-refractivity contribution in [1.82, 2.24) is 0 Å². The maximum atomic E-state index is 5.60. The van der Waals surface area contributed by atoms with Gasteiger partial charge in [0.25, 0.3) is 0 Å². The molecular formula is C23H32O2. The summed E-state index contributed by atoms with van der Waals surface area (Å²) in [4.78, 5) is 0. The lowest BCUT2D eigenvalue weighted by Crippen LogP contribution is -2.20. The molecule has 2 heterocycles. The summed E-state index contributed by atoms with van der Waals surface area (Å²) in [5.41, 5.74) is 0. The van der Waals surface area contributed by atoms with Crippen molar-refractivity contribution < 1.29 is 9.47 Å². The molecule has 6 rings (SSSR count). The zero-order valence-electron chi connectivity index (χ0n) is 15.3. The van der Waals surface area contributed by atoms with Crippen molar-refractivity contribution in [1.29, 1.82) is 0 Å². The first kappa shape index (κ1) is 17.3. The predicted molar refractivity (Wildman–Crippen MR) is 102 cm³/mol. The van der Waals surface area contributed by atoms with Crippen LogP contribution in [0.2, 0.25) is 0 Å². The molecule has 2 nitrogen and oxygen atoms in total. The van der Waals surface area contributed by atoms with E-state index in [1.807, 2.05) is 0 Å². The lowest BCUT2D eigenvalue weighted by molar-refractivity contribution is 0.264. The van der Waals surface area contributed by atoms with Crippen molar-refractivity contribution in [2.24, 2.45) is 11.8 Å². The summed E-state index contributed by atoms with van der Waals surface area (Å²) in [6, 6.07) is 0. The molecule has 0 spiro atoms. The van der Waals surface area contributed by atoms with E-state index in [2.05, 4.69) is 48.6 Å². The van der Waals surface area contributed by atoms with Gasteiger partial charge in [0.1, 0.15) is 0 Å². The fourth-order valence-corrected chi connectivity index (χ4v) is 4.66. The van der Waals surface area contributed by atoms with Crippen LogP contribution in [0.4, 0.5) is 0 Å². The zero-order valence-corrected chi connectivity index (χ0v) is 15.3. The van der Waals surface area contributed by atoms with Crippen molar-refractivity contribution >= 4 is 0 Å². The van der Waals surface area contributed by atoms with E-state index in [4.69, 9.17) is 9.47 Å². The van der Waals surface area contributed by atoms with Crippen LogP contribution < -0.4 is 0 Å². The fourth-order valence-electron chi connectivity index (χ4n) is 4.66. The van der Waals surface area contributed by atoms with Crippen LogP contribution in [0.5, 0.6) is 0 Å². The molecule has 2 saturated carbocycles. The molecule has 136 valence electrons. The quantitative estimate of drug-likeness (QED) is 0.619. The molecule has 0 aromatic heterocycles. The minimum atomic E-state index is 0.664. The average Bonchev–Trinajstić information content (AvgIpc) is 3.36. The van der Waals surface area contributed by atoms with Crippen LogP contribution in [0.1, 0.15) is 57.8 Å². The highest BCUT2D eigenvalue weighted by atomic mass is 16.6. The molecule has 25 heavy (non-hydrogen) atoms. The Labute approximate surface area is 152 Å². The van der Waals surface area contributed by atoms with E-state index >= 15 is 0 Å². The lowest BCUT2D eigenvalue weighted by atomic mass is 9.78. The number of hydrogen-bond acceptors (Lipinski definition) is 2. The van der Waals surface area contributed by atoms with Gasteiger partial charge >= 0.3 is 0 Å². The van der Waals surface area contributed by atoms with Crippen LogP contribution in [-0.2, 0) is 9.47 Å². The predicted octanol–water partition coefficient (Wildman–Crippen LogP) is 5.52. The highest BCUT2D eigenvalue weighted by Crippen LogP contribution is 2.46. The van der Waals surface area contributed by atoms with Gasteiger partial charge < -0.3 is 9.47 Å². The summed E-state index contributed by atoms with van der Waals surface area (Å²) in [6.07, 6.45) is 31.4. The fraction of sp³-hybridized carbons (Fsp3) is 0.652. The van der Waals surface area contributed by atoms with E-state index in [0.717, 1.165) is 24.7 Å². The second kappa shape index (κ2) is 8.51. The first-order valence-corrected chi connectivity index (χ1v) is 10.3. The molecule has 0 aromatic rings. The Morgan fingerprint density at radius 2 is 1.00 bits per heavy atom. The van der Waals surface area contributed by atoms with Crippen molar-refractivity contribution in [3.63, 3.8) is 0 Å². The van der Waals surface area contributed by atoms with Gasteiger partial charge in [0.05, 0.1) is 24.4 Å². The minimum absolute atomic E-state index is 0.664. The molecule has 2 saturated heterocycles. The second-order valence-electron chi connectivity index (χ2n) is 8.20. The van der Waals surface area contributed by atoms with Crippen LogP contribution in [0.15, 0.2) is 48.6 Å². The third-order valence-corrected chi connectivity index (χ3v) is 6.20. The molecule has 0 amide bonds. The number of allylic oxidation sites excluding steroid dienone is 8. The van der Waals surface area contributed by atoms with Crippen molar-refractivity contribution in [2.75, 3.05) is 0 Å². The smallest absolute Gasteiger partial charge is 0.0844 e. The molecular weight excluding hydrogens is 308 g/mol.